The number of thioether (sulfide) groups is 1. The maximum atomic E-state index is 13.1. The Bertz CT molecular complexity index is 1270. The van der Waals surface area contributed by atoms with Gasteiger partial charge in [0.25, 0.3) is 15.9 Å². The lowest BCUT2D eigenvalue weighted by Gasteiger charge is -2.12. The van der Waals surface area contributed by atoms with E-state index in [9.17, 15) is 13.2 Å². The number of amidine groups is 1. The molecule has 0 bridgehead atoms. The van der Waals surface area contributed by atoms with Gasteiger partial charge in [-0.05, 0) is 66.2 Å². The fraction of sp³-hybridized carbons (Fsp3) is 0.333. The molecule has 37 heavy (non-hydrogen) atoms. The molecule has 1 aliphatic rings. The van der Waals surface area contributed by atoms with Crippen molar-refractivity contribution in [1.82, 2.24) is 4.90 Å². The molecule has 10 heteroatoms. The fourth-order valence-electron chi connectivity index (χ4n) is 3.56. The number of hydrogen-bond acceptors (Lipinski definition) is 6. The van der Waals surface area contributed by atoms with E-state index in [1.165, 1.54) is 54.5 Å². The summed E-state index contributed by atoms with van der Waals surface area (Å²) in [5, 5.41) is 0.470. The van der Waals surface area contributed by atoms with Gasteiger partial charge in [0.05, 0.1) is 23.5 Å². The molecule has 7 nitrogen and oxygen atoms in total. The van der Waals surface area contributed by atoms with Crippen LogP contribution in [0, 0.1) is 0 Å². The maximum Gasteiger partial charge on any atom is 0.284 e. The van der Waals surface area contributed by atoms with E-state index >= 15 is 0 Å². The van der Waals surface area contributed by atoms with Crippen molar-refractivity contribution in [3.63, 3.8) is 0 Å². The Morgan fingerprint density at radius 2 is 1.81 bits per heavy atom. The predicted molar refractivity (Wildman–Crippen MR) is 151 cm³/mol. The second kappa shape index (κ2) is 13.7. The second-order valence-corrected chi connectivity index (χ2v) is 11.3. The van der Waals surface area contributed by atoms with Crippen LogP contribution in [0.5, 0.6) is 11.5 Å². The molecule has 0 radical (unpaired) electrons. The Labute approximate surface area is 228 Å². The van der Waals surface area contributed by atoms with Gasteiger partial charge in [0, 0.05) is 11.6 Å². The van der Waals surface area contributed by atoms with Crippen molar-refractivity contribution in [3.05, 3.63) is 70.6 Å². The molecule has 0 N–H and O–H groups in total. The van der Waals surface area contributed by atoms with Crippen molar-refractivity contribution in [2.75, 3.05) is 20.3 Å². The minimum absolute atomic E-state index is 0.0138. The van der Waals surface area contributed by atoms with Gasteiger partial charge in [-0.2, -0.15) is 8.42 Å². The van der Waals surface area contributed by atoms with Gasteiger partial charge >= 0.3 is 0 Å². The zero-order chi connectivity index (χ0) is 26.8. The summed E-state index contributed by atoms with van der Waals surface area (Å²) in [6.07, 6.45) is 8.84. The van der Waals surface area contributed by atoms with E-state index in [-0.39, 0.29) is 22.5 Å². The lowest BCUT2D eigenvalue weighted by atomic mass is 10.1. The summed E-state index contributed by atoms with van der Waals surface area (Å²) in [6, 6.07) is 11.1. The quantitative estimate of drug-likeness (QED) is 0.156. The minimum Gasteiger partial charge on any atom is -0.493 e. The SMILES string of the molecule is C=CCN1C(=O)C(=Cc2ccc(OC)c(OCCCCCCC)c2)SC1=NS(=O)(=O)c1ccc(Cl)cc1. The van der Waals surface area contributed by atoms with Gasteiger partial charge in [0.15, 0.2) is 16.7 Å². The fourth-order valence-corrected chi connectivity index (χ4v) is 5.88. The molecule has 0 unspecified atom stereocenters. The van der Waals surface area contributed by atoms with E-state index in [2.05, 4.69) is 17.9 Å². The smallest absolute Gasteiger partial charge is 0.284 e. The van der Waals surface area contributed by atoms with E-state index in [0.29, 0.717) is 28.0 Å². The van der Waals surface area contributed by atoms with Crippen LogP contribution < -0.4 is 9.47 Å². The summed E-state index contributed by atoms with van der Waals surface area (Å²) in [5.41, 5.74) is 0.720. The molecule has 198 valence electrons. The number of amides is 1. The summed E-state index contributed by atoms with van der Waals surface area (Å²) in [5.74, 6) is 0.833. The van der Waals surface area contributed by atoms with E-state index in [0.717, 1.165) is 30.2 Å². The number of sulfonamides is 1. The van der Waals surface area contributed by atoms with Crippen LogP contribution >= 0.6 is 23.4 Å². The Morgan fingerprint density at radius 3 is 2.49 bits per heavy atom. The van der Waals surface area contributed by atoms with Crippen molar-refractivity contribution < 1.29 is 22.7 Å². The molecule has 0 atom stereocenters. The van der Waals surface area contributed by atoms with Crippen LogP contribution in [0.1, 0.15) is 44.6 Å². The monoisotopic (exact) mass is 562 g/mol. The first-order valence-corrected chi connectivity index (χ1v) is 14.7. The molecule has 3 rings (SSSR count). The largest absolute Gasteiger partial charge is 0.493 e. The second-order valence-electron chi connectivity index (χ2n) is 8.29. The molecule has 0 aromatic heterocycles. The Balaban J connectivity index is 1.84. The summed E-state index contributed by atoms with van der Waals surface area (Å²) in [6.45, 7) is 6.54. The lowest BCUT2D eigenvalue weighted by Crippen LogP contribution is -2.29. The van der Waals surface area contributed by atoms with Crippen LogP contribution in [0.3, 0.4) is 0 Å². The molecular formula is C27H31ClN2O5S2. The van der Waals surface area contributed by atoms with Crippen LogP contribution in [-0.4, -0.2) is 44.7 Å². The van der Waals surface area contributed by atoms with Gasteiger partial charge in [0.2, 0.25) is 0 Å². The highest BCUT2D eigenvalue weighted by Crippen LogP contribution is 2.35. The van der Waals surface area contributed by atoms with E-state index in [1.54, 1.807) is 19.3 Å². The number of halogens is 1. The average molecular weight is 563 g/mol. The first kappa shape index (κ1) is 28.8. The normalized spacial score (nSPS) is 16.0. The molecule has 2 aromatic rings. The molecule has 0 spiro atoms. The number of benzene rings is 2. The van der Waals surface area contributed by atoms with Crippen molar-refractivity contribution in [3.8, 4) is 11.5 Å². The van der Waals surface area contributed by atoms with Gasteiger partial charge in [-0.25, -0.2) is 0 Å². The Hall–Kier alpha value is -2.75. The molecule has 1 fully saturated rings. The van der Waals surface area contributed by atoms with Gasteiger partial charge in [-0.1, -0.05) is 56.4 Å². The number of nitrogens with zero attached hydrogens (tertiary/aromatic N) is 2. The molecule has 1 heterocycles. The molecule has 0 aliphatic carbocycles. The lowest BCUT2D eigenvalue weighted by molar-refractivity contribution is -0.121. The van der Waals surface area contributed by atoms with Crippen LogP contribution in [0.2, 0.25) is 5.02 Å². The standard InChI is InChI=1S/C27H31ClN2O5S2/c1-4-6-7-8-9-17-35-24-18-20(10-15-23(24)34-3)19-25-26(31)30(16-5-2)27(36-25)29-37(32,33)22-13-11-21(28)12-14-22/h5,10-15,18-19H,2,4,6-9,16-17H2,1,3H3. The number of carbonyl (C=O) groups excluding carboxylic acids is 1. The minimum atomic E-state index is -4.05. The number of rotatable bonds is 13. The predicted octanol–water partition coefficient (Wildman–Crippen LogP) is 6.55. The van der Waals surface area contributed by atoms with Crippen molar-refractivity contribution in [1.29, 1.82) is 0 Å². The highest BCUT2D eigenvalue weighted by Gasteiger charge is 2.34. The first-order valence-electron chi connectivity index (χ1n) is 12.0. The third-order valence-electron chi connectivity index (χ3n) is 5.50. The van der Waals surface area contributed by atoms with E-state index < -0.39 is 10.0 Å². The van der Waals surface area contributed by atoms with Crippen molar-refractivity contribution >= 4 is 50.5 Å². The highest BCUT2D eigenvalue weighted by molar-refractivity contribution is 8.19. The van der Waals surface area contributed by atoms with Crippen LogP contribution in [0.15, 0.2) is 69.3 Å². The molecule has 1 amide bonds. The van der Waals surface area contributed by atoms with Crippen LogP contribution in [0.4, 0.5) is 0 Å². The third-order valence-corrected chi connectivity index (χ3v) is 8.16. The molecule has 0 saturated carbocycles. The summed E-state index contributed by atoms with van der Waals surface area (Å²) < 4.78 is 41.1. The number of carbonyl (C=O) groups is 1. The summed E-state index contributed by atoms with van der Waals surface area (Å²) >= 11 is 6.87. The number of ether oxygens (including phenoxy) is 2. The van der Waals surface area contributed by atoms with Crippen LogP contribution in [0.25, 0.3) is 6.08 Å². The van der Waals surface area contributed by atoms with E-state index in [4.69, 9.17) is 21.1 Å². The maximum absolute atomic E-state index is 13.1. The zero-order valence-electron chi connectivity index (χ0n) is 21.0. The van der Waals surface area contributed by atoms with Crippen molar-refractivity contribution in [2.45, 2.75) is 43.9 Å². The van der Waals surface area contributed by atoms with Gasteiger partial charge < -0.3 is 9.47 Å². The zero-order valence-corrected chi connectivity index (χ0v) is 23.4. The summed E-state index contributed by atoms with van der Waals surface area (Å²) in [4.78, 5) is 14.7. The number of hydrogen-bond donors (Lipinski definition) is 0. The van der Waals surface area contributed by atoms with Gasteiger partial charge in [-0.3, -0.25) is 9.69 Å². The average Bonchev–Trinajstić information content (AvgIpc) is 3.15. The van der Waals surface area contributed by atoms with E-state index in [1.807, 2.05) is 12.1 Å². The molecule has 2 aromatic carbocycles. The third kappa shape index (κ3) is 7.87. The molecule has 1 saturated heterocycles. The topological polar surface area (TPSA) is 85.3 Å². The molecular weight excluding hydrogens is 532 g/mol. The van der Waals surface area contributed by atoms with Crippen molar-refractivity contribution in [2.24, 2.45) is 4.40 Å². The first-order chi connectivity index (χ1) is 17.8. The Morgan fingerprint density at radius 1 is 1.08 bits per heavy atom. The number of unbranched alkanes of at least 4 members (excludes halogenated alkanes) is 4. The number of methoxy groups -OCH3 is 1. The van der Waals surface area contributed by atoms with Crippen LogP contribution in [-0.2, 0) is 14.8 Å². The highest BCUT2D eigenvalue weighted by atomic mass is 35.5. The Kier molecular flexibility index (Phi) is 10.7. The van der Waals surface area contributed by atoms with Gasteiger partial charge in [-0.15, -0.1) is 11.0 Å². The molecule has 1 aliphatic heterocycles. The van der Waals surface area contributed by atoms with Gasteiger partial charge in [0.1, 0.15) is 0 Å². The summed E-state index contributed by atoms with van der Waals surface area (Å²) in [7, 11) is -2.47.